The number of thiophene rings is 1. The molecule has 21 heavy (non-hydrogen) atoms. The molecule has 1 aromatic carbocycles. The summed E-state index contributed by atoms with van der Waals surface area (Å²) in [6.45, 7) is 0. The van der Waals surface area contributed by atoms with E-state index >= 15 is 0 Å². The minimum absolute atomic E-state index is 0.498. The molecule has 0 saturated carbocycles. The van der Waals surface area contributed by atoms with Gasteiger partial charge in [0.1, 0.15) is 5.75 Å². The van der Waals surface area contributed by atoms with Crippen LogP contribution >= 0.6 is 11.3 Å². The number of nitrogens with zero attached hydrogens (tertiary/aromatic N) is 1. The molecule has 0 fully saturated rings. The number of ether oxygens (including phenoxy) is 1. The van der Waals surface area contributed by atoms with Gasteiger partial charge in [0.2, 0.25) is 0 Å². The Bertz CT molecular complexity index is 636. The van der Waals surface area contributed by atoms with Crippen LogP contribution in [0.3, 0.4) is 0 Å². The first kappa shape index (κ1) is 14.7. The van der Waals surface area contributed by atoms with Crippen molar-refractivity contribution in [2.75, 3.05) is 12.4 Å². The molecule has 2 rings (SSSR count). The standard InChI is InChI=1S/C14H13N3O3S/c1-20-11-6-4-10(5-7-11)16-13(18)14(19)17-15-9-12-3-2-8-21-12/h2-9H,1H3,(H,16,18)(H,17,19). The molecule has 1 aromatic heterocycles. The summed E-state index contributed by atoms with van der Waals surface area (Å²) in [5, 5.41) is 8.06. The first-order valence-electron chi connectivity index (χ1n) is 6.01. The second-order valence-electron chi connectivity index (χ2n) is 3.90. The number of rotatable bonds is 4. The van der Waals surface area contributed by atoms with E-state index in [1.165, 1.54) is 17.6 Å². The zero-order chi connectivity index (χ0) is 15.1. The summed E-state index contributed by atoms with van der Waals surface area (Å²) >= 11 is 1.48. The van der Waals surface area contributed by atoms with E-state index in [2.05, 4.69) is 15.8 Å². The van der Waals surface area contributed by atoms with Crippen LogP contribution in [0.1, 0.15) is 4.88 Å². The molecule has 7 heteroatoms. The average Bonchev–Trinajstić information content (AvgIpc) is 3.01. The molecule has 1 heterocycles. The highest BCUT2D eigenvalue weighted by Gasteiger charge is 2.12. The molecule has 0 aliphatic heterocycles. The van der Waals surface area contributed by atoms with Gasteiger partial charge in [-0.3, -0.25) is 9.59 Å². The summed E-state index contributed by atoms with van der Waals surface area (Å²) in [4.78, 5) is 24.1. The number of anilines is 1. The fraction of sp³-hybridized carbons (Fsp3) is 0.0714. The molecule has 6 nitrogen and oxygen atoms in total. The van der Waals surface area contributed by atoms with Gasteiger partial charge in [-0.2, -0.15) is 5.10 Å². The van der Waals surface area contributed by atoms with Crippen molar-refractivity contribution in [2.45, 2.75) is 0 Å². The summed E-state index contributed by atoms with van der Waals surface area (Å²) < 4.78 is 5.00. The molecule has 0 spiro atoms. The molecule has 0 bridgehead atoms. The number of amides is 2. The van der Waals surface area contributed by atoms with Crippen molar-refractivity contribution >= 4 is 35.1 Å². The molecule has 0 radical (unpaired) electrons. The lowest BCUT2D eigenvalue weighted by Crippen LogP contribution is -2.32. The topological polar surface area (TPSA) is 79.8 Å². The van der Waals surface area contributed by atoms with Gasteiger partial charge in [-0.15, -0.1) is 11.3 Å². The van der Waals surface area contributed by atoms with Gasteiger partial charge in [-0.1, -0.05) is 6.07 Å². The predicted octanol–water partition coefficient (Wildman–Crippen LogP) is 1.85. The quantitative estimate of drug-likeness (QED) is 0.514. The van der Waals surface area contributed by atoms with E-state index in [1.54, 1.807) is 31.4 Å². The third-order valence-corrected chi connectivity index (χ3v) is 3.26. The van der Waals surface area contributed by atoms with Crippen molar-refractivity contribution in [2.24, 2.45) is 5.10 Å². The van der Waals surface area contributed by atoms with Crippen molar-refractivity contribution in [3.05, 3.63) is 46.7 Å². The molecule has 0 unspecified atom stereocenters. The molecule has 0 atom stereocenters. The van der Waals surface area contributed by atoms with Gasteiger partial charge < -0.3 is 10.1 Å². The number of hydrogen-bond donors (Lipinski definition) is 2. The first-order valence-corrected chi connectivity index (χ1v) is 6.89. The van der Waals surface area contributed by atoms with Gasteiger partial charge in [0.25, 0.3) is 0 Å². The summed E-state index contributed by atoms with van der Waals surface area (Å²) in [6.07, 6.45) is 1.48. The fourth-order valence-corrected chi connectivity index (χ4v) is 2.02. The number of nitrogens with one attached hydrogen (secondary N) is 2. The maximum Gasteiger partial charge on any atom is 0.329 e. The van der Waals surface area contributed by atoms with Crippen LogP contribution in [0.25, 0.3) is 0 Å². The third-order valence-electron chi connectivity index (χ3n) is 2.46. The van der Waals surface area contributed by atoms with E-state index < -0.39 is 11.8 Å². The molecule has 0 aliphatic rings. The minimum Gasteiger partial charge on any atom is -0.497 e. The maximum atomic E-state index is 11.6. The van der Waals surface area contributed by atoms with Crippen LogP contribution in [-0.2, 0) is 9.59 Å². The van der Waals surface area contributed by atoms with Crippen molar-refractivity contribution in [1.82, 2.24) is 5.43 Å². The van der Waals surface area contributed by atoms with E-state index in [1.807, 2.05) is 17.5 Å². The number of hydrazone groups is 1. The smallest absolute Gasteiger partial charge is 0.329 e. The van der Waals surface area contributed by atoms with Crippen LogP contribution in [0, 0.1) is 0 Å². The molecule has 2 N–H and O–H groups in total. The minimum atomic E-state index is -0.835. The van der Waals surface area contributed by atoms with E-state index in [0.717, 1.165) is 4.88 Å². The van der Waals surface area contributed by atoms with E-state index in [9.17, 15) is 9.59 Å². The molecule has 0 aliphatic carbocycles. The number of carbonyl (C=O) groups excluding carboxylic acids is 2. The molecule has 2 amide bonds. The monoisotopic (exact) mass is 303 g/mol. The Labute approximate surface area is 125 Å². The van der Waals surface area contributed by atoms with Gasteiger partial charge in [-0.05, 0) is 35.7 Å². The number of carbonyl (C=O) groups is 2. The highest BCUT2D eigenvalue weighted by molar-refractivity contribution is 7.11. The van der Waals surface area contributed by atoms with Gasteiger partial charge >= 0.3 is 11.8 Å². The highest BCUT2D eigenvalue weighted by atomic mass is 32.1. The highest BCUT2D eigenvalue weighted by Crippen LogP contribution is 2.14. The Morgan fingerprint density at radius 1 is 1.19 bits per heavy atom. The van der Waals surface area contributed by atoms with Gasteiger partial charge in [-0.25, -0.2) is 5.43 Å². The van der Waals surface area contributed by atoms with E-state index in [4.69, 9.17) is 4.74 Å². The lowest BCUT2D eigenvalue weighted by atomic mass is 10.3. The van der Waals surface area contributed by atoms with E-state index in [0.29, 0.717) is 11.4 Å². The van der Waals surface area contributed by atoms with Crippen LogP contribution in [0.2, 0.25) is 0 Å². The van der Waals surface area contributed by atoms with Gasteiger partial charge in [0, 0.05) is 10.6 Å². The molecule has 2 aromatic rings. The maximum absolute atomic E-state index is 11.6. The van der Waals surface area contributed by atoms with Crippen molar-refractivity contribution in [3.63, 3.8) is 0 Å². The Hall–Kier alpha value is -2.67. The van der Waals surface area contributed by atoms with Crippen LogP contribution in [0.4, 0.5) is 5.69 Å². The summed E-state index contributed by atoms with van der Waals surface area (Å²) in [5.74, 6) is -0.958. The molecular formula is C14H13N3O3S. The zero-order valence-electron chi connectivity index (χ0n) is 11.2. The number of methoxy groups -OCH3 is 1. The molecular weight excluding hydrogens is 290 g/mol. The number of benzene rings is 1. The Kier molecular flexibility index (Phi) is 5.05. The summed E-state index contributed by atoms with van der Waals surface area (Å²) in [6, 6.07) is 10.4. The molecule has 0 saturated heterocycles. The number of hydrogen-bond acceptors (Lipinski definition) is 5. The largest absolute Gasteiger partial charge is 0.497 e. The Morgan fingerprint density at radius 3 is 2.57 bits per heavy atom. The zero-order valence-corrected chi connectivity index (χ0v) is 12.0. The van der Waals surface area contributed by atoms with Crippen molar-refractivity contribution < 1.29 is 14.3 Å². The predicted molar refractivity (Wildman–Crippen MR) is 81.7 cm³/mol. The van der Waals surface area contributed by atoms with Gasteiger partial charge in [0.15, 0.2) is 0 Å². The van der Waals surface area contributed by atoms with Crippen LogP contribution < -0.4 is 15.5 Å². The fourth-order valence-electron chi connectivity index (χ4n) is 1.43. The Morgan fingerprint density at radius 2 is 1.95 bits per heavy atom. The Balaban J connectivity index is 1.85. The van der Waals surface area contributed by atoms with Crippen LogP contribution in [0.5, 0.6) is 5.75 Å². The average molecular weight is 303 g/mol. The first-order chi connectivity index (χ1) is 10.2. The SMILES string of the molecule is COc1ccc(NC(=O)C(=O)NN=Cc2cccs2)cc1. The normalized spacial score (nSPS) is 10.3. The van der Waals surface area contributed by atoms with Crippen molar-refractivity contribution in [3.8, 4) is 5.75 Å². The second-order valence-corrected chi connectivity index (χ2v) is 4.88. The lowest BCUT2D eigenvalue weighted by Gasteiger charge is -2.05. The molecule has 108 valence electrons. The summed E-state index contributed by atoms with van der Waals surface area (Å²) in [5.41, 5.74) is 2.66. The van der Waals surface area contributed by atoms with Gasteiger partial charge in [0.05, 0.1) is 13.3 Å². The van der Waals surface area contributed by atoms with Crippen molar-refractivity contribution in [1.29, 1.82) is 0 Å². The third kappa shape index (κ3) is 4.43. The van der Waals surface area contributed by atoms with Crippen LogP contribution in [0.15, 0.2) is 46.9 Å². The lowest BCUT2D eigenvalue weighted by molar-refractivity contribution is -0.136. The summed E-state index contributed by atoms with van der Waals surface area (Å²) in [7, 11) is 1.55. The van der Waals surface area contributed by atoms with E-state index in [-0.39, 0.29) is 0 Å². The second kappa shape index (κ2) is 7.20. The van der Waals surface area contributed by atoms with Crippen LogP contribution in [-0.4, -0.2) is 25.1 Å².